The molecule has 0 radical (unpaired) electrons. The zero-order chi connectivity index (χ0) is 25.2. The lowest BCUT2D eigenvalue weighted by atomic mass is 9.99. The largest absolute Gasteiger partial charge is 0.449 e. The van der Waals surface area contributed by atoms with Crippen LogP contribution in [-0.4, -0.2) is 37.8 Å². The summed E-state index contributed by atoms with van der Waals surface area (Å²) in [7, 11) is -4.10. The third-order valence-electron chi connectivity index (χ3n) is 5.64. The number of anilines is 1. The Balaban J connectivity index is 1.47. The van der Waals surface area contributed by atoms with Crippen molar-refractivity contribution in [2.45, 2.75) is 30.9 Å². The molecule has 7 nitrogen and oxygen atoms in total. The van der Waals surface area contributed by atoms with E-state index in [4.69, 9.17) is 16.3 Å². The molecular formula is C25H22ClFN2O5S. The molecule has 0 saturated carbocycles. The average molecular weight is 517 g/mol. The summed E-state index contributed by atoms with van der Waals surface area (Å²) in [5.74, 6) is -1.79. The predicted molar refractivity (Wildman–Crippen MR) is 129 cm³/mol. The standard InChI is InChI=1S/C25H22ClFN2O5S/c1-16(24(30)29-13-12-17-4-2-3-5-18(17)15-29)34-25(31)22-14-21(10-11-23(22)26)35(32,33)28-20-8-6-19(27)7-9-20/h2-11,14,16,28H,12-13,15H2,1H3. The molecule has 35 heavy (non-hydrogen) atoms. The fourth-order valence-electron chi connectivity index (χ4n) is 3.78. The Bertz CT molecular complexity index is 1380. The Morgan fingerprint density at radius 3 is 2.46 bits per heavy atom. The fraction of sp³-hybridized carbons (Fsp3) is 0.200. The van der Waals surface area contributed by atoms with Gasteiger partial charge in [0, 0.05) is 18.8 Å². The summed E-state index contributed by atoms with van der Waals surface area (Å²) in [6.45, 7) is 2.38. The lowest BCUT2D eigenvalue weighted by molar-refractivity contribution is -0.140. The number of amides is 1. The van der Waals surface area contributed by atoms with E-state index in [1.807, 2.05) is 24.3 Å². The minimum absolute atomic E-state index is 0.0257. The zero-order valence-electron chi connectivity index (χ0n) is 18.7. The van der Waals surface area contributed by atoms with Gasteiger partial charge < -0.3 is 9.64 Å². The summed E-state index contributed by atoms with van der Waals surface area (Å²) < 4.78 is 46.3. The van der Waals surface area contributed by atoms with Crippen LogP contribution < -0.4 is 4.72 Å². The Hall–Kier alpha value is -3.43. The van der Waals surface area contributed by atoms with Crippen LogP contribution in [0, 0.1) is 5.82 Å². The topological polar surface area (TPSA) is 92.8 Å². The van der Waals surface area contributed by atoms with Crippen LogP contribution in [-0.2, 0) is 32.5 Å². The van der Waals surface area contributed by atoms with Crippen molar-refractivity contribution < 1.29 is 27.1 Å². The summed E-state index contributed by atoms with van der Waals surface area (Å²) in [6.07, 6.45) is -0.392. The maximum absolute atomic E-state index is 13.1. The van der Waals surface area contributed by atoms with Gasteiger partial charge in [-0.25, -0.2) is 17.6 Å². The van der Waals surface area contributed by atoms with E-state index in [0.717, 1.165) is 23.8 Å². The van der Waals surface area contributed by atoms with Crippen LogP contribution in [0.25, 0.3) is 0 Å². The Labute approximate surface area is 207 Å². The van der Waals surface area contributed by atoms with Gasteiger partial charge in [0.1, 0.15) is 5.82 Å². The van der Waals surface area contributed by atoms with Crippen LogP contribution in [0.5, 0.6) is 0 Å². The van der Waals surface area contributed by atoms with Crippen molar-refractivity contribution in [2.75, 3.05) is 11.3 Å². The summed E-state index contributed by atoms with van der Waals surface area (Å²) in [5.41, 5.74) is 2.17. The number of sulfonamides is 1. The van der Waals surface area contributed by atoms with Crippen molar-refractivity contribution in [3.8, 4) is 0 Å². The van der Waals surface area contributed by atoms with Crippen LogP contribution in [0.15, 0.2) is 71.6 Å². The van der Waals surface area contributed by atoms with Gasteiger partial charge in [-0.3, -0.25) is 9.52 Å². The molecule has 1 N–H and O–H groups in total. The lowest BCUT2D eigenvalue weighted by Gasteiger charge is -2.30. The molecule has 0 spiro atoms. The highest BCUT2D eigenvalue weighted by molar-refractivity contribution is 7.92. The molecule has 4 rings (SSSR count). The SMILES string of the molecule is CC(OC(=O)c1cc(S(=O)(=O)Nc2ccc(F)cc2)ccc1Cl)C(=O)N1CCc2ccccc2C1. The quantitative estimate of drug-likeness (QED) is 0.490. The molecule has 0 aliphatic carbocycles. The van der Waals surface area contributed by atoms with Crippen LogP contribution in [0.3, 0.4) is 0 Å². The van der Waals surface area contributed by atoms with E-state index >= 15 is 0 Å². The smallest absolute Gasteiger partial charge is 0.340 e. The van der Waals surface area contributed by atoms with Gasteiger partial charge in [0.2, 0.25) is 0 Å². The predicted octanol–water partition coefficient (Wildman–Crippen LogP) is 4.41. The first kappa shape index (κ1) is 24.7. The Morgan fingerprint density at radius 2 is 1.74 bits per heavy atom. The summed E-state index contributed by atoms with van der Waals surface area (Å²) in [4.78, 5) is 27.1. The molecule has 1 atom stereocenters. The molecule has 0 bridgehead atoms. The number of hydrogen-bond acceptors (Lipinski definition) is 5. The van der Waals surface area contributed by atoms with Crippen molar-refractivity contribution >= 4 is 39.2 Å². The number of nitrogens with zero attached hydrogens (tertiary/aromatic N) is 1. The van der Waals surface area contributed by atoms with Gasteiger partial charge in [-0.05, 0) is 66.9 Å². The van der Waals surface area contributed by atoms with Gasteiger partial charge >= 0.3 is 5.97 Å². The molecule has 1 amide bonds. The maximum atomic E-state index is 13.1. The number of hydrogen-bond donors (Lipinski definition) is 1. The normalized spacial score (nSPS) is 14.1. The van der Waals surface area contributed by atoms with E-state index in [9.17, 15) is 22.4 Å². The fourth-order valence-corrected chi connectivity index (χ4v) is 5.05. The third kappa shape index (κ3) is 5.63. The number of rotatable bonds is 6. The summed E-state index contributed by atoms with van der Waals surface area (Å²) >= 11 is 6.13. The van der Waals surface area contributed by atoms with Crippen LogP contribution >= 0.6 is 11.6 Å². The molecule has 1 aliphatic rings. The van der Waals surface area contributed by atoms with Gasteiger partial charge in [-0.2, -0.15) is 0 Å². The van der Waals surface area contributed by atoms with Gasteiger partial charge in [0.05, 0.1) is 15.5 Å². The molecular weight excluding hydrogens is 495 g/mol. The molecule has 0 saturated heterocycles. The van der Waals surface area contributed by atoms with Crippen molar-refractivity contribution in [3.63, 3.8) is 0 Å². The number of esters is 1. The molecule has 0 fully saturated rings. The molecule has 0 aromatic heterocycles. The maximum Gasteiger partial charge on any atom is 0.340 e. The third-order valence-corrected chi connectivity index (χ3v) is 7.35. The highest BCUT2D eigenvalue weighted by Gasteiger charge is 2.28. The number of benzene rings is 3. The van der Waals surface area contributed by atoms with E-state index < -0.39 is 27.9 Å². The minimum atomic E-state index is -4.10. The molecule has 3 aromatic rings. The van der Waals surface area contributed by atoms with E-state index in [2.05, 4.69) is 4.72 Å². The molecule has 1 aliphatic heterocycles. The van der Waals surface area contributed by atoms with Crippen molar-refractivity contribution in [1.29, 1.82) is 0 Å². The van der Waals surface area contributed by atoms with Crippen molar-refractivity contribution in [3.05, 3.63) is 94.3 Å². The van der Waals surface area contributed by atoms with Gasteiger partial charge in [-0.15, -0.1) is 0 Å². The molecule has 3 aromatic carbocycles. The highest BCUT2D eigenvalue weighted by atomic mass is 35.5. The average Bonchev–Trinajstić information content (AvgIpc) is 2.84. The second-order valence-corrected chi connectivity index (χ2v) is 10.2. The van der Waals surface area contributed by atoms with Crippen molar-refractivity contribution in [2.24, 2.45) is 0 Å². The molecule has 1 unspecified atom stereocenters. The molecule has 182 valence electrons. The van der Waals surface area contributed by atoms with Gasteiger partial charge in [0.25, 0.3) is 15.9 Å². The molecule has 10 heteroatoms. The van der Waals surface area contributed by atoms with Crippen LogP contribution in [0.2, 0.25) is 5.02 Å². The van der Waals surface area contributed by atoms with E-state index in [0.29, 0.717) is 19.5 Å². The first-order valence-corrected chi connectivity index (χ1v) is 12.6. The van der Waals surface area contributed by atoms with E-state index in [1.54, 1.807) is 4.90 Å². The zero-order valence-corrected chi connectivity index (χ0v) is 20.3. The summed E-state index contributed by atoms with van der Waals surface area (Å²) in [5, 5.41) is -0.0257. The second-order valence-electron chi connectivity index (χ2n) is 8.08. The first-order chi connectivity index (χ1) is 16.6. The number of nitrogens with one attached hydrogen (secondary N) is 1. The number of fused-ring (bicyclic) bond motifs is 1. The van der Waals surface area contributed by atoms with E-state index in [1.165, 1.54) is 36.8 Å². The Morgan fingerprint density at radius 1 is 1.06 bits per heavy atom. The van der Waals surface area contributed by atoms with Gasteiger partial charge in [-0.1, -0.05) is 35.9 Å². The van der Waals surface area contributed by atoms with Crippen LogP contribution in [0.4, 0.5) is 10.1 Å². The van der Waals surface area contributed by atoms with Crippen molar-refractivity contribution in [1.82, 2.24) is 4.90 Å². The van der Waals surface area contributed by atoms with Crippen LogP contribution in [0.1, 0.15) is 28.4 Å². The number of ether oxygens (including phenoxy) is 1. The second kappa shape index (κ2) is 10.1. The minimum Gasteiger partial charge on any atom is -0.449 e. The number of carbonyl (C=O) groups is 2. The molecule has 1 heterocycles. The van der Waals surface area contributed by atoms with E-state index in [-0.39, 0.29) is 27.1 Å². The first-order valence-electron chi connectivity index (χ1n) is 10.8. The van der Waals surface area contributed by atoms with Gasteiger partial charge in [0.15, 0.2) is 6.10 Å². The number of carbonyl (C=O) groups excluding carboxylic acids is 2. The highest BCUT2D eigenvalue weighted by Crippen LogP contribution is 2.25. The monoisotopic (exact) mass is 516 g/mol. The lowest BCUT2D eigenvalue weighted by Crippen LogP contribution is -2.42. The Kier molecular flexibility index (Phi) is 7.09. The number of halogens is 2. The summed E-state index contributed by atoms with van der Waals surface area (Å²) in [6, 6.07) is 16.2.